The molecular weight excluding hydrogens is 452 g/mol. The molecule has 1 heterocycles. The molecule has 2 unspecified atom stereocenters. The molecule has 3 aromatic carbocycles. The Kier molecular flexibility index (Phi) is 9.06. The fourth-order valence-electron chi connectivity index (χ4n) is 4.77. The monoisotopic (exact) mass is 488 g/mol. The molecule has 0 radical (unpaired) electrons. The van der Waals surface area contributed by atoms with Gasteiger partial charge < -0.3 is 26.4 Å². The highest BCUT2D eigenvalue weighted by atomic mass is 16.5. The Morgan fingerprint density at radius 2 is 1.67 bits per heavy atom. The van der Waals surface area contributed by atoms with Crippen molar-refractivity contribution in [3.8, 4) is 0 Å². The van der Waals surface area contributed by atoms with Gasteiger partial charge >= 0.3 is 0 Å². The highest BCUT2D eigenvalue weighted by Gasteiger charge is 2.31. The Bertz CT molecular complexity index is 1150. The first kappa shape index (κ1) is 25.8. The highest BCUT2D eigenvalue weighted by Crippen LogP contribution is 2.28. The molecule has 1 aliphatic heterocycles. The number of hydrogen-bond donors (Lipinski definition) is 3. The lowest BCUT2D eigenvalue weighted by atomic mass is 9.89. The largest absolute Gasteiger partial charge is 0.374 e. The normalized spacial score (nSPS) is 16.0. The zero-order valence-electron chi connectivity index (χ0n) is 20.6. The van der Waals surface area contributed by atoms with Gasteiger partial charge in [-0.25, -0.2) is 0 Å². The van der Waals surface area contributed by atoms with Crippen molar-refractivity contribution in [1.82, 2.24) is 10.2 Å². The number of piperidine rings is 1. The predicted molar refractivity (Wildman–Crippen MR) is 142 cm³/mol. The lowest BCUT2D eigenvalue weighted by molar-refractivity contribution is -0.139. The molecule has 7 heteroatoms. The van der Waals surface area contributed by atoms with Gasteiger partial charge in [-0.2, -0.15) is 0 Å². The molecule has 0 bridgehead atoms. The van der Waals surface area contributed by atoms with E-state index in [1.807, 2.05) is 29.2 Å². The molecule has 1 aliphatic rings. The van der Waals surface area contributed by atoms with E-state index >= 15 is 0 Å². The van der Waals surface area contributed by atoms with E-state index in [-0.39, 0.29) is 18.4 Å². The number of hydrogen-bond acceptors (Lipinski definition) is 5. The summed E-state index contributed by atoms with van der Waals surface area (Å²) in [5.41, 5.74) is 13.8. The zero-order chi connectivity index (χ0) is 25.3. The number of ether oxygens (including phenoxy) is 1. The number of carbonyl (C=O) groups excluding carboxylic acids is 2. The summed E-state index contributed by atoms with van der Waals surface area (Å²) in [4.78, 5) is 27.9. The summed E-state index contributed by atoms with van der Waals surface area (Å²) in [5, 5.41) is 5.12. The summed E-state index contributed by atoms with van der Waals surface area (Å²) < 4.78 is 5.95. The Balaban J connectivity index is 1.38. The number of benzene rings is 3. The molecule has 1 fully saturated rings. The van der Waals surface area contributed by atoms with E-state index in [1.165, 1.54) is 5.56 Å². The van der Waals surface area contributed by atoms with Gasteiger partial charge in [-0.3, -0.25) is 9.59 Å². The maximum absolute atomic E-state index is 13.4. The standard InChI is InChI=1S/C29H36N4O3/c30-15-12-26(31)28(34)32-27(20-36-19-21-10-11-23-8-4-5-9-25(23)18-21)29(35)33-16-13-24(14-17-33)22-6-2-1-3-7-22/h1-11,18,24,26-27H,12-17,19-20,30-31H2,(H,32,34). The first-order valence-electron chi connectivity index (χ1n) is 12.7. The maximum Gasteiger partial charge on any atom is 0.247 e. The average molecular weight is 489 g/mol. The summed E-state index contributed by atoms with van der Waals surface area (Å²) in [6, 6.07) is 23.1. The number of nitrogens with zero attached hydrogens (tertiary/aromatic N) is 1. The quantitative estimate of drug-likeness (QED) is 0.406. The van der Waals surface area contributed by atoms with Crippen LogP contribution in [0.3, 0.4) is 0 Å². The van der Waals surface area contributed by atoms with Crippen molar-refractivity contribution in [2.45, 2.75) is 43.9 Å². The van der Waals surface area contributed by atoms with E-state index in [0.717, 1.165) is 29.2 Å². The molecular formula is C29H36N4O3. The molecule has 0 aromatic heterocycles. The van der Waals surface area contributed by atoms with E-state index < -0.39 is 12.1 Å². The molecule has 0 aliphatic carbocycles. The third-order valence-corrected chi connectivity index (χ3v) is 6.87. The fraction of sp³-hybridized carbons (Fsp3) is 0.379. The number of nitrogens with two attached hydrogens (primary N) is 2. The average Bonchev–Trinajstić information content (AvgIpc) is 2.92. The second-order valence-electron chi connectivity index (χ2n) is 9.45. The van der Waals surface area contributed by atoms with Crippen LogP contribution in [0, 0.1) is 0 Å². The second kappa shape index (κ2) is 12.6. The lowest BCUT2D eigenvalue weighted by Crippen LogP contribution is -2.55. The minimum absolute atomic E-state index is 0.0748. The van der Waals surface area contributed by atoms with Crippen LogP contribution in [0.2, 0.25) is 0 Å². The van der Waals surface area contributed by atoms with Crippen LogP contribution in [0.5, 0.6) is 0 Å². The van der Waals surface area contributed by atoms with E-state index in [1.54, 1.807) is 0 Å². The summed E-state index contributed by atoms with van der Waals surface area (Å²) >= 11 is 0. The van der Waals surface area contributed by atoms with Crippen LogP contribution in [0.1, 0.15) is 36.3 Å². The molecule has 190 valence electrons. The zero-order valence-corrected chi connectivity index (χ0v) is 20.6. The summed E-state index contributed by atoms with van der Waals surface area (Å²) in [7, 11) is 0. The molecule has 4 rings (SSSR count). The molecule has 2 amide bonds. The van der Waals surface area contributed by atoms with Crippen LogP contribution in [-0.4, -0.2) is 55.0 Å². The lowest BCUT2D eigenvalue weighted by Gasteiger charge is -2.34. The van der Waals surface area contributed by atoms with Gasteiger partial charge in [-0.05, 0) is 59.7 Å². The number of nitrogens with one attached hydrogen (secondary N) is 1. The van der Waals surface area contributed by atoms with Gasteiger partial charge in [-0.15, -0.1) is 0 Å². The van der Waals surface area contributed by atoms with Crippen molar-refractivity contribution < 1.29 is 14.3 Å². The molecule has 36 heavy (non-hydrogen) atoms. The highest BCUT2D eigenvalue weighted by molar-refractivity contribution is 5.90. The summed E-state index contributed by atoms with van der Waals surface area (Å²) in [6.45, 7) is 2.01. The minimum atomic E-state index is -0.796. The third-order valence-electron chi connectivity index (χ3n) is 6.87. The van der Waals surface area contributed by atoms with Gasteiger partial charge in [0.15, 0.2) is 0 Å². The van der Waals surface area contributed by atoms with E-state index in [0.29, 0.717) is 38.6 Å². The first-order chi connectivity index (χ1) is 17.5. The van der Waals surface area contributed by atoms with E-state index in [2.05, 4.69) is 53.8 Å². The fourth-order valence-corrected chi connectivity index (χ4v) is 4.77. The molecule has 0 spiro atoms. The maximum atomic E-state index is 13.4. The van der Waals surface area contributed by atoms with E-state index in [4.69, 9.17) is 16.2 Å². The Hall–Kier alpha value is -3.26. The SMILES string of the molecule is NCCC(N)C(=O)NC(COCc1ccc2ccccc2c1)C(=O)N1CCC(c2ccccc2)CC1. The van der Waals surface area contributed by atoms with Gasteiger partial charge in [-0.1, -0.05) is 66.7 Å². The van der Waals surface area contributed by atoms with E-state index in [9.17, 15) is 9.59 Å². The smallest absolute Gasteiger partial charge is 0.247 e. The molecule has 5 N–H and O–H groups in total. The molecule has 3 aromatic rings. The van der Waals surface area contributed by atoms with Crippen LogP contribution in [-0.2, 0) is 20.9 Å². The van der Waals surface area contributed by atoms with Gasteiger partial charge in [0.1, 0.15) is 6.04 Å². The van der Waals surface area contributed by atoms with Crippen molar-refractivity contribution in [2.24, 2.45) is 11.5 Å². The van der Waals surface area contributed by atoms with Gasteiger partial charge in [0.25, 0.3) is 0 Å². The molecule has 2 atom stereocenters. The summed E-state index contributed by atoms with van der Waals surface area (Å²) in [6.07, 6.45) is 2.13. The molecule has 7 nitrogen and oxygen atoms in total. The van der Waals surface area contributed by atoms with Gasteiger partial charge in [0.05, 0.1) is 19.3 Å². The number of amides is 2. The van der Waals surface area contributed by atoms with Crippen molar-refractivity contribution in [3.63, 3.8) is 0 Å². The second-order valence-corrected chi connectivity index (χ2v) is 9.45. The van der Waals surface area contributed by atoms with Crippen LogP contribution in [0.15, 0.2) is 72.8 Å². The number of carbonyl (C=O) groups is 2. The van der Waals surface area contributed by atoms with Gasteiger partial charge in [0, 0.05) is 13.1 Å². The van der Waals surface area contributed by atoms with Crippen molar-refractivity contribution in [2.75, 3.05) is 26.2 Å². The Morgan fingerprint density at radius 1 is 0.972 bits per heavy atom. The van der Waals surface area contributed by atoms with Crippen LogP contribution >= 0.6 is 0 Å². The Morgan fingerprint density at radius 3 is 2.39 bits per heavy atom. The van der Waals surface area contributed by atoms with Crippen molar-refractivity contribution >= 4 is 22.6 Å². The molecule has 1 saturated heterocycles. The van der Waals surface area contributed by atoms with Crippen molar-refractivity contribution in [3.05, 3.63) is 83.9 Å². The Labute approximate surface area is 212 Å². The van der Waals surface area contributed by atoms with Crippen LogP contribution in [0.25, 0.3) is 10.8 Å². The molecule has 0 saturated carbocycles. The summed E-state index contributed by atoms with van der Waals surface area (Å²) in [5.74, 6) is -0.0778. The van der Waals surface area contributed by atoms with Crippen LogP contribution < -0.4 is 16.8 Å². The first-order valence-corrected chi connectivity index (χ1v) is 12.7. The number of likely N-dealkylation sites (tertiary alicyclic amines) is 1. The number of rotatable bonds is 10. The third kappa shape index (κ3) is 6.69. The number of fused-ring (bicyclic) bond motifs is 1. The van der Waals surface area contributed by atoms with Crippen molar-refractivity contribution in [1.29, 1.82) is 0 Å². The van der Waals surface area contributed by atoms with Gasteiger partial charge in [0.2, 0.25) is 11.8 Å². The van der Waals surface area contributed by atoms with Crippen LogP contribution in [0.4, 0.5) is 0 Å². The predicted octanol–water partition coefficient (Wildman–Crippen LogP) is 2.92. The minimum Gasteiger partial charge on any atom is -0.374 e. The topological polar surface area (TPSA) is 111 Å².